The lowest BCUT2D eigenvalue weighted by Crippen LogP contribution is -2.43. The van der Waals surface area contributed by atoms with Gasteiger partial charge in [-0.25, -0.2) is 0 Å². The molecule has 2 N–H and O–H groups in total. The Kier molecular flexibility index (Phi) is 7.88. The van der Waals surface area contributed by atoms with Gasteiger partial charge in [0.05, 0.1) is 6.10 Å². The lowest BCUT2D eigenvalue weighted by atomic mass is 9.94. The number of carbonyl (C=O) groups is 1. The molecule has 8 nitrogen and oxygen atoms in total. The van der Waals surface area contributed by atoms with Crippen molar-refractivity contribution in [2.24, 2.45) is 0 Å². The number of hydrogen-bond acceptors (Lipinski definition) is 7. The molecular weight excluding hydrogens is 474 g/mol. The molecule has 1 amide bonds. The third-order valence-electron chi connectivity index (χ3n) is 6.84. The average molecular weight is 506 g/mol. The molecule has 0 spiro atoms. The summed E-state index contributed by atoms with van der Waals surface area (Å²) in [6.45, 7) is 0.768. The van der Waals surface area contributed by atoms with Gasteiger partial charge in [-0.2, -0.15) is 5.21 Å². The topological polar surface area (TPSA) is 104 Å². The number of aromatic amines is 1. The number of piperidine rings is 1. The molecule has 0 saturated carbocycles. The van der Waals surface area contributed by atoms with Crippen molar-refractivity contribution in [3.8, 4) is 5.75 Å². The molecule has 2 atom stereocenters. The van der Waals surface area contributed by atoms with Crippen LogP contribution in [0.25, 0.3) is 10.1 Å². The van der Waals surface area contributed by atoms with Crippen molar-refractivity contribution in [3.63, 3.8) is 0 Å². The molecule has 1 unspecified atom stereocenters. The highest BCUT2D eigenvalue weighted by Crippen LogP contribution is 2.29. The van der Waals surface area contributed by atoms with Gasteiger partial charge in [0.1, 0.15) is 5.75 Å². The number of tetrazole rings is 1. The van der Waals surface area contributed by atoms with Crippen LogP contribution in [0.1, 0.15) is 55.5 Å². The quantitative estimate of drug-likeness (QED) is 0.308. The number of aryl methyl sites for hydroxylation is 1. The second kappa shape index (κ2) is 11.6. The number of rotatable bonds is 11. The summed E-state index contributed by atoms with van der Waals surface area (Å²) in [4.78, 5) is 14.8. The third-order valence-corrected chi connectivity index (χ3v) is 7.85. The molecule has 9 heteroatoms. The van der Waals surface area contributed by atoms with E-state index in [-0.39, 0.29) is 24.7 Å². The molecule has 2 aromatic heterocycles. The predicted octanol–water partition coefficient (Wildman–Crippen LogP) is 4.65. The summed E-state index contributed by atoms with van der Waals surface area (Å²) in [5.41, 5.74) is 2.33. The van der Waals surface area contributed by atoms with E-state index in [2.05, 4.69) is 50.3 Å². The minimum atomic E-state index is -0.371. The first-order chi connectivity index (χ1) is 17.7. The van der Waals surface area contributed by atoms with Crippen molar-refractivity contribution >= 4 is 27.3 Å². The molecule has 0 radical (unpaired) electrons. The maximum absolute atomic E-state index is 12.8. The van der Waals surface area contributed by atoms with Crippen LogP contribution in [0.5, 0.6) is 5.75 Å². The number of aliphatic hydroxyl groups is 1. The lowest BCUT2D eigenvalue weighted by molar-refractivity contribution is -0.137. The van der Waals surface area contributed by atoms with Gasteiger partial charge in [0.2, 0.25) is 11.7 Å². The fourth-order valence-corrected chi connectivity index (χ4v) is 5.91. The highest BCUT2D eigenvalue weighted by atomic mass is 32.1. The number of aliphatic hydroxyl groups excluding tert-OH is 1. The Morgan fingerprint density at radius 1 is 1.19 bits per heavy atom. The zero-order chi connectivity index (χ0) is 24.7. The summed E-state index contributed by atoms with van der Waals surface area (Å²) < 4.78 is 7.07. The number of likely N-dealkylation sites (tertiary alicyclic amines) is 1. The van der Waals surface area contributed by atoms with E-state index in [1.54, 1.807) is 11.3 Å². The van der Waals surface area contributed by atoms with E-state index < -0.39 is 0 Å². The summed E-state index contributed by atoms with van der Waals surface area (Å²) in [6.07, 6.45) is 5.21. The molecule has 36 heavy (non-hydrogen) atoms. The largest absolute Gasteiger partial charge is 0.485 e. The molecule has 188 valence electrons. The van der Waals surface area contributed by atoms with E-state index in [1.165, 1.54) is 15.6 Å². The number of aromatic nitrogens is 4. The van der Waals surface area contributed by atoms with Crippen LogP contribution in [-0.4, -0.2) is 48.7 Å². The van der Waals surface area contributed by atoms with Gasteiger partial charge in [-0.15, -0.1) is 21.5 Å². The maximum atomic E-state index is 12.8. The number of thiophene rings is 1. The molecule has 1 aliphatic rings. The van der Waals surface area contributed by atoms with Gasteiger partial charge >= 0.3 is 0 Å². The maximum Gasteiger partial charge on any atom is 0.223 e. The van der Waals surface area contributed by atoms with Gasteiger partial charge in [0.25, 0.3) is 0 Å². The molecule has 1 saturated heterocycles. The van der Waals surface area contributed by atoms with E-state index in [0.717, 1.165) is 37.7 Å². The number of H-pyrrole nitrogens is 1. The van der Waals surface area contributed by atoms with Gasteiger partial charge in [-0.05, 0) is 78.6 Å². The van der Waals surface area contributed by atoms with Crippen LogP contribution in [0.3, 0.4) is 0 Å². The molecule has 3 heterocycles. The monoisotopic (exact) mass is 505 g/mol. The Labute approximate surface area is 214 Å². The van der Waals surface area contributed by atoms with Gasteiger partial charge in [-0.1, -0.05) is 35.5 Å². The molecule has 1 aliphatic heterocycles. The van der Waals surface area contributed by atoms with Crippen LogP contribution in [0.2, 0.25) is 0 Å². The average Bonchev–Trinajstić information content (AvgIpc) is 3.57. The standard InChI is InChI=1S/C27H31N5O3S/c33-22(13-11-20-18-36-25-9-2-1-8-24(20)25)14-12-21-6-4-10-27(34)32(21)16-19-5-3-7-23(15-19)35-17-26-28-30-31-29-26/h1-3,5,7-9,15,18,21-22,33H,4,6,10-14,16-17H2,(H,28,29,30,31)/t21-,22?/m1/s1. The van der Waals surface area contributed by atoms with Crippen LogP contribution in [-0.2, 0) is 24.4 Å². The van der Waals surface area contributed by atoms with Gasteiger partial charge in [0.15, 0.2) is 6.61 Å². The van der Waals surface area contributed by atoms with Crippen LogP contribution >= 0.6 is 11.3 Å². The van der Waals surface area contributed by atoms with Gasteiger partial charge in [0, 0.05) is 23.7 Å². The summed E-state index contributed by atoms with van der Waals surface area (Å²) in [5.74, 6) is 1.37. The Balaban J connectivity index is 1.15. The van der Waals surface area contributed by atoms with E-state index in [4.69, 9.17) is 4.74 Å². The van der Waals surface area contributed by atoms with E-state index in [0.29, 0.717) is 31.0 Å². The summed E-state index contributed by atoms with van der Waals surface area (Å²) in [5, 5.41) is 28.0. The fraction of sp³-hybridized carbons (Fsp3) is 0.407. The van der Waals surface area contributed by atoms with Crippen molar-refractivity contribution in [3.05, 3.63) is 70.9 Å². The predicted molar refractivity (Wildman–Crippen MR) is 139 cm³/mol. The third kappa shape index (κ3) is 6.09. The number of amides is 1. The van der Waals surface area contributed by atoms with Crippen LogP contribution in [0.15, 0.2) is 53.9 Å². The molecule has 1 fully saturated rings. The van der Waals surface area contributed by atoms with Crippen LogP contribution < -0.4 is 4.74 Å². The molecule has 4 aromatic rings. The van der Waals surface area contributed by atoms with E-state index in [1.807, 2.05) is 29.2 Å². The first kappa shape index (κ1) is 24.4. The zero-order valence-electron chi connectivity index (χ0n) is 20.2. The van der Waals surface area contributed by atoms with Crippen molar-refractivity contribution in [2.45, 2.75) is 70.2 Å². The Morgan fingerprint density at radius 2 is 2.11 bits per heavy atom. The minimum Gasteiger partial charge on any atom is -0.485 e. The Bertz CT molecular complexity index is 1280. The number of carbonyl (C=O) groups excluding carboxylic acids is 1. The number of nitrogens with zero attached hydrogens (tertiary/aromatic N) is 4. The Hall–Kier alpha value is -3.30. The molecule has 5 rings (SSSR count). The van der Waals surface area contributed by atoms with Crippen molar-refractivity contribution in [1.29, 1.82) is 0 Å². The normalized spacial score (nSPS) is 17.0. The Morgan fingerprint density at radius 3 is 3.00 bits per heavy atom. The van der Waals surface area contributed by atoms with Gasteiger partial charge < -0.3 is 14.7 Å². The highest BCUT2D eigenvalue weighted by molar-refractivity contribution is 7.17. The summed E-state index contributed by atoms with van der Waals surface area (Å²) >= 11 is 1.76. The molecule has 0 aliphatic carbocycles. The van der Waals surface area contributed by atoms with Crippen molar-refractivity contribution in [1.82, 2.24) is 25.5 Å². The second-order valence-corrected chi connectivity index (χ2v) is 10.3. The van der Waals surface area contributed by atoms with Gasteiger partial charge in [-0.3, -0.25) is 4.79 Å². The first-order valence-corrected chi connectivity index (χ1v) is 13.4. The number of ether oxygens (including phenoxy) is 1. The van der Waals surface area contributed by atoms with Crippen molar-refractivity contribution in [2.75, 3.05) is 0 Å². The lowest BCUT2D eigenvalue weighted by Gasteiger charge is -2.36. The summed E-state index contributed by atoms with van der Waals surface area (Å²) in [7, 11) is 0. The SMILES string of the molecule is O=C1CCC[C@H](CCC(O)CCc2csc3ccccc23)N1Cc1cccc(OCc2nn[nH]n2)c1. The first-order valence-electron chi connectivity index (χ1n) is 12.5. The second-order valence-electron chi connectivity index (χ2n) is 9.36. The number of nitrogens with one attached hydrogen (secondary N) is 1. The molecule has 0 bridgehead atoms. The summed E-state index contributed by atoms with van der Waals surface area (Å²) in [6, 6.07) is 16.4. The van der Waals surface area contributed by atoms with Crippen molar-refractivity contribution < 1.29 is 14.6 Å². The number of benzene rings is 2. The van der Waals surface area contributed by atoms with Crippen LogP contribution in [0, 0.1) is 0 Å². The minimum absolute atomic E-state index is 0.145. The molecule has 2 aromatic carbocycles. The zero-order valence-corrected chi connectivity index (χ0v) is 21.0. The van der Waals surface area contributed by atoms with E-state index >= 15 is 0 Å². The van der Waals surface area contributed by atoms with E-state index in [9.17, 15) is 9.90 Å². The highest BCUT2D eigenvalue weighted by Gasteiger charge is 2.28. The number of hydrogen-bond donors (Lipinski definition) is 2. The molecular formula is C27H31N5O3S. The van der Waals surface area contributed by atoms with Crippen LogP contribution in [0.4, 0.5) is 0 Å². The number of fused-ring (bicyclic) bond motifs is 1. The smallest absolute Gasteiger partial charge is 0.223 e. The fourth-order valence-electron chi connectivity index (χ4n) is 4.91.